The summed E-state index contributed by atoms with van der Waals surface area (Å²) in [5.41, 5.74) is 10.9. The van der Waals surface area contributed by atoms with Crippen molar-refractivity contribution in [1.82, 2.24) is 29.6 Å². The molecule has 3 N–H and O–H groups in total. The van der Waals surface area contributed by atoms with Crippen molar-refractivity contribution in [3.05, 3.63) is 36.3 Å². The van der Waals surface area contributed by atoms with Gasteiger partial charge in [0, 0.05) is 48.6 Å². The molecule has 8 heteroatoms. The monoisotopic (exact) mass is 443 g/mol. The molecule has 170 valence electrons. The highest BCUT2D eigenvalue weighted by Gasteiger charge is 2.34. The Morgan fingerprint density at radius 3 is 2.79 bits per heavy atom. The van der Waals surface area contributed by atoms with Crippen LogP contribution in [0.25, 0.3) is 33.2 Å². The van der Waals surface area contributed by atoms with Crippen LogP contribution in [0.2, 0.25) is 0 Å². The first-order valence-electron chi connectivity index (χ1n) is 12.0. The van der Waals surface area contributed by atoms with Gasteiger partial charge in [0.25, 0.3) is 0 Å². The number of hydrogen-bond donors (Lipinski definition) is 2. The van der Waals surface area contributed by atoms with Crippen LogP contribution in [-0.4, -0.2) is 48.6 Å². The first-order chi connectivity index (χ1) is 16.1. The van der Waals surface area contributed by atoms with Crippen LogP contribution in [-0.2, 0) is 11.3 Å². The number of aromatic amines is 1. The summed E-state index contributed by atoms with van der Waals surface area (Å²) < 4.78 is 2.28. The Kier molecular flexibility index (Phi) is 4.81. The number of nitrogens with one attached hydrogen (secondary N) is 1. The molecule has 1 atom stereocenters. The molecule has 0 radical (unpaired) electrons. The summed E-state index contributed by atoms with van der Waals surface area (Å²) in [4.78, 5) is 24.7. The minimum atomic E-state index is 0.216. The molecule has 4 aromatic rings. The molecule has 6 rings (SSSR count). The van der Waals surface area contributed by atoms with Crippen LogP contribution < -0.4 is 5.73 Å². The molecule has 1 aliphatic carbocycles. The minimum absolute atomic E-state index is 0.216. The number of hydrogen-bond acceptors (Lipinski definition) is 5. The van der Waals surface area contributed by atoms with E-state index in [1.807, 2.05) is 18.3 Å². The number of amides is 1. The van der Waals surface area contributed by atoms with E-state index in [9.17, 15) is 4.79 Å². The summed E-state index contributed by atoms with van der Waals surface area (Å²) in [7, 11) is 0. The number of nitrogens with two attached hydrogens (primary N) is 1. The number of carbonyl (C=O) groups excluding carboxylic acids is 1. The van der Waals surface area contributed by atoms with Crippen LogP contribution in [0.1, 0.15) is 50.8 Å². The van der Waals surface area contributed by atoms with E-state index >= 15 is 0 Å². The lowest BCUT2D eigenvalue weighted by atomic mass is 9.83. The van der Waals surface area contributed by atoms with Crippen molar-refractivity contribution in [1.29, 1.82) is 0 Å². The Morgan fingerprint density at radius 1 is 1.18 bits per heavy atom. The number of pyridine rings is 1. The number of nitrogens with zero attached hydrogens (tertiary/aromatic N) is 5. The van der Waals surface area contributed by atoms with Crippen LogP contribution in [0.5, 0.6) is 0 Å². The lowest BCUT2D eigenvalue weighted by Crippen LogP contribution is -2.44. The second-order valence-corrected chi connectivity index (χ2v) is 9.35. The molecule has 1 amide bonds. The van der Waals surface area contributed by atoms with Crippen LogP contribution >= 0.6 is 0 Å². The second-order valence-electron chi connectivity index (χ2n) is 9.35. The number of imidazole rings is 1. The number of aromatic nitrogens is 5. The molecule has 1 saturated heterocycles. The average Bonchev–Trinajstić information content (AvgIpc) is 3.46. The average molecular weight is 444 g/mol. The fraction of sp³-hybridized carbons (Fsp3) is 0.440. The molecular formula is C25H29N7O. The van der Waals surface area contributed by atoms with Gasteiger partial charge >= 0.3 is 0 Å². The number of anilines is 1. The van der Waals surface area contributed by atoms with Gasteiger partial charge in [-0.3, -0.25) is 9.89 Å². The largest absolute Gasteiger partial charge is 0.382 e. The molecule has 2 fully saturated rings. The van der Waals surface area contributed by atoms with Gasteiger partial charge in [-0.05, 0) is 50.8 Å². The van der Waals surface area contributed by atoms with E-state index in [0.29, 0.717) is 11.7 Å². The van der Waals surface area contributed by atoms with Gasteiger partial charge < -0.3 is 15.2 Å². The predicted molar refractivity (Wildman–Crippen MR) is 129 cm³/mol. The van der Waals surface area contributed by atoms with Gasteiger partial charge in [-0.1, -0.05) is 12.5 Å². The summed E-state index contributed by atoms with van der Waals surface area (Å²) in [5.74, 6) is 2.26. The quantitative estimate of drug-likeness (QED) is 0.494. The Bertz CT molecular complexity index is 1340. The molecule has 3 aromatic heterocycles. The number of aryl methyl sites for hydroxylation is 1. The number of rotatable bonds is 4. The second kappa shape index (κ2) is 7.86. The Morgan fingerprint density at radius 2 is 2.06 bits per heavy atom. The predicted octanol–water partition coefficient (Wildman–Crippen LogP) is 4.08. The van der Waals surface area contributed by atoms with Gasteiger partial charge in [-0.25, -0.2) is 9.97 Å². The molecule has 0 bridgehead atoms. The van der Waals surface area contributed by atoms with Crippen molar-refractivity contribution in [3.63, 3.8) is 0 Å². The summed E-state index contributed by atoms with van der Waals surface area (Å²) >= 11 is 0. The smallest absolute Gasteiger partial charge is 0.225 e. The molecule has 1 saturated carbocycles. The van der Waals surface area contributed by atoms with Crippen LogP contribution in [0, 0.1) is 5.92 Å². The topological polar surface area (TPSA) is 106 Å². The van der Waals surface area contributed by atoms with E-state index in [-0.39, 0.29) is 11.8 Å². The number of piperidine rings is 1. The summed E-state index contributed by atoms with van der Waals surface area (Å²) in [6, 6.07) is 8.14. The molecule has 8 nitrogen and oxygen atoms in total. The first kappa shape index (κ1) is 20.2. The number of carbonyl (C=O) groups is 1. The summed E-state index contributed by atoms with van der Waals surface area (Å²) in [6.45, 7) is 4.54. The highest BCUT2D eigenvalue weighted by atomic mass is 16.2. The molecule has 0 spiro atoms. The third-order valence-electron chi connectivity index (χ3n) is 7.40. The van der Waals surface area contributed by atoms with Crippen LogP contribution in [0.4, 0.5) is 5.82 Å². The fourth-order valence-corrected chi connectivity index (χ4v) is 5.44. The van der Waals surface area contributed by atoms with Crippen molar-refractivity contribution < 1.29 is 4.79 Å². The molecule has 2 aliphatic rings. The van der Waals surface area contributed by atoms with Crippen molar-refractivity contribution in [2.45, 2.75) is 51.5 Å². The maximum atomic E-state index is 12.9. The number of nitrogen functional groups attached to an aromatic ring is 1. The van der Waals surface area contributed by atoms with Crippen molar-refractivity contribution >= 4 is 33.7 Å². The summed E-state index contributed by atoms with van der Waals surface area (Å²) in [6.07, 6.45) is 7.13. The van der Waals surface area contributed by atoms with Gasteiger partial charge in [0.05, 0.1) is 16.7 Å². The third kappa shape index (κ3) is 3.27. The maximum Gasteiger partial charge on any atom is 0.225 e. The fourth-order valence-electron chi connectivity index (χ4n) is 5.44. The Hall–Kier alpha value is -3.42. The first-order valence-corrected chi connectivity index (χ1v) is 12.0. The van der Waals surface area contributed by atoms with Gasteiger partial charge in [0.1, 0.15) is 11.3 Å². The van der Waals surface area contributed by atoms with E-state index in [1.165, 1.54) is 6.42 Å². The van der Waals surface area contributed by atoms with E-state index in [1.54, 1.807) is 0 Å². The maximum absolute atomic E-state index is 12.9. The zero-order valence-electron chi connectivity index (χ0n) is 18.9. The van der Waals surface area contributed by atoms with Crippen molar-refractivity contribution in [3.8, 4) is 11.3 Å². The number of benzene rings is 1. The minimum Gasteiger partial charge on any atom is -0.382 e. The Balaban J connectivity index is 1.43. The normalized spacial score (nSPS) is 19.3. The summed E-state index contributed by atoms with van der Waals surface area (Å²) in [5, 5.41) is 8.19. The van der Waals surface area contributed by atoms with E-state index in [2.05, 4.69) is 38.7 Å². The third-order valence-corrected chi connectivity index (χ3v) is 7.40. The SMILES string of the molecule is CCn1c([C@H]2CCCN(C(=O)C3CCC3)C2)nc2c(N)nc3cc(-c4cc[nH]n4)ccc3c21. The van der Waals surface area contributed by atoms with Gasteiger partial charge in [-0.2, -0.15) is 5.10 Å². The molecule has 1 aromatic carbocycles. The number of fused-ring (bicyclic) bond motifs is 3. The van der Waals surface area contributed by atoms with E-state index < -0.39 is 0 Å². The highest BCUT2D eigenvalue weighted by Crippen LogP contribution is 2.36. The highest BCUT2D eigenvalue weighted by molar-refractivity contribution is 6.07. The number of likely N-dealkylation sites (tertiary alicyclic amines) is 1. The Labute approximate surface area is 192 Å². The lowest BCUT2D eigenvalue weighted by molar-refractivity contribution is -0.139. The van der Waals surface area contributed by atoms with Crippen LogP contribution in [0.3, 0.4) is 0 Å². The van der Waals surface area contributed by atoms with Crippen molar-refractivity contribution in [2.24, 2.45) is 5.92 Å². The van der Waals surface area contributed by atoms with E-state index in [0.717, 1.165) is 84.3 Å². The van der Waals surface area contributed by atoms with Crippen molar-refractivity contribution in [2.75, 3.05) is 18.8 Å². The molecule has 0 unspecified atom stereocenters. The standard InChI is InChI=1S/C25H29N7O/c1-2-32-22-18-9-8-16(19-10-11-27-30-19)13-20(18)28-23(26)21(22)29-24(32)17-7-4-12-31(14-17)25(33)15-5-3-6-15/h8-11,13,15,17H,2-7,12,14H2,1H3,(H2,26,28)(H,27,30)/t17-/m0/s1. The van der Waals surface area contributed by atoms with Crippen LogP contribution in [0.15, 0.2) is 30.5 Å². The zero-order chi connectivity index (χ0) is 22.5. The molecule has 4 heterocycles. The lowest BCUT2D eigenvalue weighted by Gasteiger charge is -2.37. The molecule has 33 heavy (non-hydrogen) atoms. The van der Waals surface area contributed by atoms with Gasteiger partial charge in [-0.15, -0.1) is 0 Å². The zero-order valence-corrected chi connectivity index (χ0v) is 18.9. The number of H-pyrrole nitrogens is 1. The van der Waals surface area contributed by atoms with E-state index in [4.69, 9.17) is 15.7 Å². The van der Waals surface area contributed by atoms with Gasteiger partial charge in [0.2, 0.25) is 5.91 Å². The molecular weight excluding hydrogens is 414 g/mol. The van der Waals surface area contributed by atoms with Gasteiger partial charge in [0.15, 0.2) is 5.82 Å². The molecule has 1 aliphatic heterocycles.